The summed E-state index contributed by atoms with van der Waals surface area (Å²) in [5.41, 5.74) is 2.57. The number of aromatic nitrogens is 1. The fourth-order valence-corrected chi connectivity index (χ4v) is 3.42. The van der Waals surface area contributed by atoms with Crippen LogP contribution in [0.15, 0.2) is 36.5 Å². The molecule has 1 aliphatic heterocycles. The number of amides is 3. The Morgan fingerprint density at radius 3 is 2.84 bits per heavy atom. The average Bonchev–Trinajstić information content (AvgIpc) is 2.77. The van der Waals surface area contributed by atoms with Crippen LogP contribution in [-0.4, -0.2) is 47.0 Å². The van der Waals surface area contributed by atoms with Crippen molar-refractivity contribution in [2.45, 2.75) is 32.0 Å². The molecule has 2 aromatic rings. The Balaban J connectivity index is 1.63. The van der Waals surface area contributed by atoms with Crippen molar-refractivity contribution in [2.24, 2.45) is 0 Å². The van der Waals surface area contributed by atoms with Gasteiger partial charge in [-0.1, -0.05) is 35.7 Å². The average molecular weight is 453 g/mol. The highest BCUT2D eigenvalue weighted by atomic mass is 35.5. The highest BCUT2D eigenvalue weighted by Crippen LogP contribution is 2.17. The number of rotatable bonds is 6. The van der Waals surface area contributed by atoms with Gasteiger partial charge in [0.15, 0.2) is 0 Å². The molecular weight excluding hydrogens is 432 g/mol. The SMILES string of the molecule is CN(Cc1cc(CNC(=O)C#Cc2ccc(Cl)nc2)ccc1C=O)C1CCC(=O)NC1=O. The second-order valence-corrected chi connectivity index (χ2v) is 7.72. The van der Waals surface area contributed by atoms with Crippen molar-refractivity contribution in [1.29, 1.82) is 0 Å². The molecule has 32 heavy (non-hydrogen) atoms. The molecule has 0 saturated carbocycles. The summed E-state index contributed by atoms with van der Waals surface area (Å²) in [5.74, 6) is 4.13. The summed E-state index contributed by atoms with van der Waals surface area (Å²) < 4.78 is 0. The summed E-state index contributed by atoms with van der Waals surface area (Å²) in [6, 6.07) is 8.03. The van der Waals surface area contributed by atoms with Gasteiger partial charge in [0.25, 0.3) is 5.91 Å². The Morgan fingerprint density at radius 2 is 2.16 bits per heavy atom. The fraction of sp³-hybridized carbons (Fsp3) is 0.261. The fourth-order valence-electron chi connectivity index (χ4n) is 3.31. The van der Waals surface area contributed by atoms with Gasteiger partial charge in [-0.25, -0.2) is 4.98 Å². The van der Waals surface area contributed by atoms with Gasteiger partial charge in [-0.15, -0.1) is 0 Å². The Kier molecular flexibility index (Phi) is 7.71. The molecule has 0 spiro atoms. The van der Waals surface area contributed by atoms with Crippen LogP contribution in [0.3, 0.4) is 0 Å². The molecule has 2 heterocycles. The van der Waals surface area contributed by atoms with E-state index in [1.807, 2.05) is 6.07 Å². The van der Waals surface area contributed by atoms with E-state index in [-0.39, 0.29) is 24.8 Å². The Bertz CT molecular complexity index is 1110. The van der Waals surface area contributed by atoms with E-state index in [2.05, 4.69) is 27.5 Å². The monoisotopic (exact) mass is 452 g/mol. The molecule has 1 saturated heterocycles. The maximum absolute atomic E-state index is 12.1. The lowest BCUT2D eigenvalue weighted by Gasteiger charge is -2.30. The minimum Gasteiger partial charge on any atom is -0.341 e. The zero-order valence-corrected chi connectivity index (χ0v) is 18.1. The highest BCUT2D eigenvalue weighted by Gasteiger charge is 2.29. The Hall–Kier alpha value is -3.54. The summed E-state index contributed by atoms with van der Waals surface area (Å²) >= 11 is 5.72. The van der Waals surface area contributed by atoms with Gasteiger partial charge < -0.3 is 5.32 Å². The van der Waals surface area contributed by atoms with Crippen molar-refractivity contribution in [3.8, 4) is 11.8 Å². The van der Waals surface area contributed by atoms with Crippen LogP contribution >= 0.6 is 11.6 Å². The molecule has 1 fully saturated rings. The molecule has 1 unspecified atom stereocenters. The summed E-state index contributed by atoms with van der Waals surface area (Å²) in [6.07, 6.45) is 2.93. The van der Waals surface area contributed by atoms with Crippen molar-refractivity contribution in [3.63, 3.8) is 0 Å². The van der Waals surface area contributed by atoms with E-state index in [9.17, 15) is 19.2 Å². The zero-order chi connectivity index (χ0) is 23.1. The van der Waals surface area contributed by atoms with Crippen molar-refractivity contribution >= 4 is 35.6 Å². The van der Waals surface area contributed by atoms with Gasteiger partial charge in [-0.2, -0.15) is 0 Å². The molecule has 1 aromatic carbocycles. The molecule has 3 amide bonds. The predicted octanol–water partition coefficient (Wildman–Crippen LogP) is 1.45. The second-order valence-electron chi connectivity index (χ2n) is 7.34. The van der Waals surface area contributed by atoms with Crippen LogP contribution in [0.1, 0.15) is 39.9 Å². The Morgan fingerprint density at radius 1 is 1.34 bits per heavy atom. The molecule has 164 valence electrons. The summed E-state index contributed by atoms with van der Waals surface area (Å²) in [6.45, 7) is 0.562. The molecule has 0 aliphatic carbocycles. The number of halogens is 1. The quantitative estimate of drug-likeness (QED) is 0.297. The highest BCUT2D eigenvalue weighted by molar-refractivity contribution is 6.29. The number of piperidine rings is 1. The minimum absolute atomic E-state index is 0.223. The number of nitrogens with zero attached hydrogens (tertiary/aromatic N) is 2. The standard InChI is InChI=1S/C23H21ClN4O4/c1-28(19-6-9-22(31)27-23(19)32)13-18-10-16(2-5-17(18)14-29)12-26-21(30)8-4-15-3-7-20(24)25-11-15/h2-3,5,7,10-11,14,19H,6,9,12-13H2,1H3,(H,26,30)(H,27,31,32). The second kappa shape index (κ2) is 10.7. The molecule has 0 radical (unpaired) electrons. The maximum atomic E-state index is 12.1. The molecule has 1 aliphatic rings. The van der Waals surface area contributed by atoms with Gasteiger partial charge in [0, 0.05) is 42.8 Å². The number of hydrogen-bond acceptors (Lipinski definition) is 6. The molecule has 9 heteroatoms. The van der Waals surface area contributed by atoms with Crippen molar-refractivity contribution in [1.82, 2.24) is 20.5 Å². The molecule has 1 aromatic heterocycles. The summed E-state index contributed by atoms with van der Waals surface area (Å²) in [5, 5.41) is 5.39. The minimum atomic E-state index is -0.457. The summed E-state index contributed by atoms with van der Waals surface area (Å²) in [7, 11) is 1.77. The van der Waals surface area contributed by atoms with Crippen LogP contribution in [0, 0.1) is 11.8 Å². The van der Waals surface area contributed by atoms with Gasteiger partial charge in [0.05, 0.1) is 6.04 Å². The lowest BCUT2D eigenvalue weighted by molar-refractivity contribution is -0.137. The van der Waals surface area contributed by atoms with Crippen LogP contribution in [-0.2, 0) is 27.5 Å². The zero-order valence-electron chi connectivity index (χ0n) is 17.4. The molecule has 3 rings (SSSR count). The normalized spacial score (nSPS) is 15.5. The first-order chi connectivity index (χ1) is 15.4. The van der Waals surface area contributed by atoms with E-state index in [1.165, 1.54) is 6.20 Å². The number of pyridine rings is 1. The predicted molar refractivity (Wildman–Crippen MR) is 117 cm³/mol. The third-order valence-electron chi connectivity index (χ3n) is 5.00. The number of likely N-dealkylation sites (N-methyl/N-ethyl adjacent to an activating group) is 1. The topological polar surface area (TPSA) is 108 Å². The number of benzene rings is 1. The van der Waals surface area contributed by atoms with E-state index < -0.39 is 11.9 Å². The maximum Gasteiger partial charge on any atom is 0.296 e. The smallest absolute Gasteiger partial charge is 0.296 e. The third-order valence-corrected chi connectivity index (χ3v) is 5.22. The molecule has 1 atom stereocenters. The summed E-state index contributed by atoms with van der Waals surface area (Å²) in [4.78, 5) is 52.7. The first-order valence-corrected chi connectivity index (χ1v) is 10.3. The molecule has 8 nitrogen and oxygen atoms in total. The van der Waals surface area contributed by atoms with Gasteiger partial charge in [0.2, 0.25) is 11.8 Å². The van der Waals surface area contributed by atoms with E-state index in [0.717, 1.165) is 17.4 Å². The number of nitrogens with one attached hydrogen (secondary N) is 2. The number of aldehydes is 1. The number of imide groups is 1. The number of carbonyl (C=O) groups is 4. The first kappa shape index (κ1) is 23.1. The van der Waals surface area contributed by atoms with E-state index in [1.54, 1.807) is 36.2 Å². The van der Waals surface area contributed by atoms with Crippen LogP contribution in [0.2, 0.25) is 5.15 Å². The van der Waals surface area contributed by atoms with Crippen molar-refractivity contribution < 1.29 is 19.2 Å². The van der Waals surface area contributed by atoms with E-state index in [4.69, 9.17) is 11.6 Å². The largest absolute Gasteiger partial charge is 0.341 e. The van der Waals surface area contributed by atoms with E-state index in [0.29, 0.717) is 29.2 Å². The molecule has 0 bridgehead atoms. The van der Waals surface area contributed by atoms with Gasteiger partial charge in [-0.05, 0) is 36.7 Å². The molecule has 2 N–H and O–H groups in total. The number of hydrogen-bond donors (Lipinski definition) is 2. The van der Waals surface area contributed by atoms with Crippen LogP contribution in [0.25, 0.3) is 0 Å². The first-order valence-electron chi connectivity index (χ1n) is 9.88. The third kappa shape index (κ3) is 6.23. The van der Waals surface area contributed by atoms with Gasteiger partial charge >= 0.3 is 0 Å². The molecular formula is C23H21ClN4O4. The lowest BCUT2D eigenvalue weighted by atomic mass is 10.0. The lowest BCUT2D eigenvalue weighted by Crippen LogP contribution is -2.51. The van der Waals surface area contributed by atoms with Crippen molar-refractivity contribution in [3.05, 3.63) is 63.9 Å². The number of carbonyl (C=O) groups excluding carboxylic acids is 4. The van der Waals surface area contributed by atoms with Gasteiger partial charge in [0.1, 0.15) is 11.4 Å². The van der Waals surface area contributed by atoms with Crippen LogP contribution in [0.4, 0.5) is 0 Å². The van der Waals surface area contributed by atoms with Crippen molar-refractivity contribution in [2.75, 3.05) is 7.05 Å². The van der Waals surface area contributed by atoms with Crippen LogP contribution < -0.4 is 10.6 Å². The van der Waals surface area contributed by atoms with E-state index >= 15 is 0 Å². The van der Waals surface area contributed by atoms with Gasteiger partial charge in [-0.3, -0.25) is 29.4 Å². The van der Waals surface area contributed by atoms with Crippen LogP contribution in [0.5, 0.6) is 0 Å². The Labute approximate surface area is 190 Å².